The molecule has 0 amide bonds. The van der Waals surface area contributed by atoms with Crippen molar-refractivity contribution in [1.29, 1.82) is 0 Å². The van der Waals surface area contributed by atoms with Crippen molar-refractivity contribution in [2.24, 2.45) is 10.9 Å². The molecule has 1 aromatic rings. The van der Waals surface area contributed by atoms with Gasteiger partial charge < -0.3 is 15.0 Å². The van der Waals surface area contributed by atoms with E-state index in [1.807, 2.05) is 13.1 Å². The number of hydrogen-bond acceptors (Lipinski definition) is 3. The molecular weight excluding hydrogens is 348 g/mol. The molecule has 0 aliphatic carbocycles. The molecule has 5 nitrogen and oxygen atoms in total. The van der Waals surface area contributed by atoms with E-state index in [1.54, 1.807) is 0 Å². The SMILES string of the molecule is CN=C(NCCCN(C(C)C)C(C)C)N1CCC(COCc2ccccc2)C1. The maximum Gasteiger partial charge on any atom is 0.193 e. The van der Waals surface area contributed by atoms with E-state index < -0.39 is 0 Å². The van der Waals surface area contributed by atoms with Gasteiger partial charge in [-0.2, -0.15) is 0 Å². The van der Waals surface area contributed by atoms with Gasteiger partial charge in [0.05, 0.1) is 13.2 Å². The van der Waals surface area contributed by atoms with Gasteiger partial charge in [-0.25, -0.2) is 0 Å². The Hall–Kier alpha value is -1.59. The number of nitrogens with one attached hydrogen (secondary N) is 1. The average molecular weight is 389 g/mol. The summed E-state index contributed by atoms with van der Waals surface area (Å²) in [5.41, 5.74) is 1.24. The number of ether oxygens (including phenoxy) is 1. The third-order valence-corrected chi connectivity index (χ3v) is 5.47. The molecule has 2 rings (SSSR count). The Morgan fingerprint density at radius 1 is 1.21 bits per heavy atom. The molecule has 1 aromatic carbocycles. The molecule has 1 fully saturated rings. The van der Waals surface area contributed by atoms with E-state index in [-0.39, 0.29) is 0 Å². The smallest absolute Gasteiger partial charge is 0.193 e. The molecule has 5 heteroatoms. The van der Waals surface area contributed by atoms with Gasteiger partial charge in [-0.1, -0.05) is 30.3 Å². The molecule has 1 heterocycles. The van der Waals surface area contributed by atoms with Crippen molar-refractivity contribution in [3.05, 3.63) is 35.9 Å². The lowest BCUT2D eigenvalue weighted by molar-refractivity contribution is 0.0906. The van der Waals surface area contributed by atoms with Crippen LogP contribution >= 0.6 is 0 Å². The second-order valence-electron chi connectivity index (χ2n) is 8.35. The number of nitrogens with zero attached hydrogens (tertiary/aromatic N) is 3. The first-order valence-corrected chi connectivity index (χ1v) is 10.8. The summed E-state index contributed by atoms with van der Waals surface area (Å²) in [6.45, 7) is 14.8. The van der Waals surface area contributed by atoms with E-state index in [1.165, 1.54) is 12.0 Å². The molecule has 0 saturated carbocycles. The molecule has 1 saturated heterocycles. The van der Waals surface area contributed by atoms with Gasteiger partial charge in [-0.3, -0.25) is 9.89 Å². The van der Waals surface area contributed by atoms with Gasteiger partial charge in [-0.15, -0.1) is 0 Å². The van der Waals surface area contributed by atoms with E-state index in [0.29, 0.717) is 24.6 Å². The lowest BCUT2D eigenvalue weighted by Gasteiger charge is -2.30. The highest BCUT2D eigenvalue weighted by atomic mass is 16.5. The Balaban J connectivity index is 1.66. The molecule has 158 valence electrons. The fraction of sp³-hybridized carbons (Fsp3) is 0.696. The van der Waals surface area contributed by atoms with Crippen molar-refractivity contribution >= 4 is 5.96 Å². The van der Waals surface area contributed by atoms with Gasteiger partial charge >= 0.3 is 0 Å². The summed E-state index contributed by atoms with van der Waals surface area (Å²) in [7, 11) is 1.89. The van der Waals surface area contributed by atoms with Crippen LogP contribution in [0, 0.1) is 5.92 Å². The molecular formula is C23H40N4O. The van der Waals surface area contributed by atoms with E-state index in [9.17, 15) is 0 Å². The van der Waals surface area contributed by atoms with Crippen LogP contribution in [0.1, 0.15) is 46.1 Å². The van der Waals surface area contributed by atoms with Gasteiger partial charge in [0.15, 0.2) is 5.96 Å². The van der Waals surface area contributed by atoms with Crippen LogP contribution in [0.3, 0.4) is 0 Å². The number of benzene rings is 1. The molecule has 1 unspecified atom stereocenters. The Labute approximate surface area is 172 Å². The zero-order valence-corrected chi connectivity index (χ0v) is 18.5. The van der Waals surface area contributed by atoms with Gasteiger partial charge in [-0.05, 0) is 46.1 Å². The van der Waals surface area contributed by atoms with E-state index in [4.69, 9.17) is 4.74 Å². The van der Waals surface area contributed by atoms with Crippen LogP contribution in [-0.4, -0.2) is 67.7 Å². The minimum absolute atomic E-state index is 0.583. The number of hydrogen-bond donors (Lipinski definition) is 1. The van der Waals surface area contributed by atoms with Gasteiger partial charge in [0.2, 0.25) is 0 Å². The molecule has 0 radical (unpaired) electrons. The minimum atomic E-state index is 0.583. The maximum absolute atomic E-state index is 5.94. The van der Waals surface area contributed by atoms with Crippen LogP contribution in [0.2, 0.25) is 0 Å². The van der Waals surface area contributed by atoms with E-state index in [0.717, 1.165) is 45.2 Å². The Bertz CT molecular complexity index is 565. The van der Waals surface area contributed by atoms with Gasteiger partial charge in [0, 0.05) is 51.2 Å². The van der Waals surface area contributed by atoms with Crippen LogP contribution in [0.25, 0.3) is 0 Å². The number of aliphatic imine (C=N–C) groups is 1. The summed E-state index contributed by atoms with van der Waals surface area (Å²) in [4.78, 5) is 9.41. The average Bonchev–Trinajstić information content (AvgIpc) is 3.13. The standard InChI is InChI=1S/C23H40N4O/c1-19(2)27(20(3)4)14-9-13-25-23(24-5)26-15-12-22(16-26)18-28-17-21-10-7-6-8-11-21/h6-8,10-11,19-20,22H,9,12-18H2,1-5H3,(H,24,25). The second-order valence-corrected chi connectivity index (χ2v) is 8.35. The highest BCUT2D eigenvalue weighted by molar-refractivity contribution is 5.80. The van der Waals surface area contributed by atoms with Crippen LogP contribution < -0.4 is 5.32 Å². The maximum atomic E-state index is 5.94. The summed E-state index contributed by atoms with van der Waals surface area (Å²) in [5.74, 6) is 1.62. The van der Waals surface area contributed by atoms with Crippen molar-refractivity contribution in [3.63, 3.8) is 0 Å². The van der Waals surface area contributed by atoms with Crippen molar-refractivity contribution in [3.8, 4) is 0 Å². The summed E-state index contributed by atoms with van der Waals surface area (Å²) in [6, 6.07) is 11.6. The minimum Gasteiger partial charge on any atom is -0.376 e. The van der Waals surface area contributed by atoms with E-state index in [2.05, 4.69) is 72.1 Å². The second kappa shape index (κ2) is 12.1. The number of likely N-dealkylation sites (tertiary alicyclic amines) is 1. The van der Waals surface area contributed by atoms with Crippen molar-refractivity contribution in [2.45, 2.75) is 59.2 Å². The summed E-state index contributed by atoms with van der Waals surface area (Å²) < 4.78 is 5.94. The first-order chi connectivity index (χ1) is 13.5. The molecule has 28 heavy (non-hydrogen) atoms. The lowest BCUT2D eigenvalue weighted by atomic mass is 10.1. The molecule has 1 aliphatic heterocycles. The Morgan fingerprint density at radius 2 is 1.93 bits per heavy atom. The fourth-order valence-electron chi connectivity index (χ4n) is 3.99. The van der Waals surface area contributed by atoms with Crippen LogP contribution in [0.15, 0.2) is 35.3 Å². The Kier molecular flexibility index (Phi) is 9.79. The molecule has 1 aliphatic rings. The van der Waals surface area contributed by atoms with Crippen LogP contribution in [0.5, 0.6) is 0 Å². The summed E-state index contributed by atoms with van der Waals surface area (Å²) >= 11 is 0. The topological polar surface area (TPSA) is 40.1 Å². The quantitative estimate of drug-likeness (QED) is 0.378. The van der Waals surface area contributed by atoms with Crippen molar-refractivity contribution < 1.29 is 4.74 Å². The third-order valence-electron chi connectivity index (χ3n) is 5.47. The molecule has 0 spiro atoms. The molecule has 0 aromatic heterocycles. The first-order valence-electron chi connectivity index (χ1n) is 10.8. The molecule has 0 bridgehead atoms. The zero-order chi connectivity index (χ0) is 20.4. The van der Waals surface area contributed by atoms with Gasteiger partial charge in [0.1, 0.15) is 0 Å². The third kappa shape index (κ3) is 7.44. The normalized spacial score (nSPS) is 17.9. The summed E-state index contributed by atoms with van der Waals surface area (Å²) in [5, 5.41) is 3.56. The predicted molar refractivity (Wildman–Crippen MR) is 119 cm³/mol. The highest BCUT2D eigenvalue weighted by Gasteiger charge is 2.25. The molecule has 1 N–H and O–H groups in total. The number of rotatable bonds is 10. The van der Waals surface area contributed by atoms with Crippen LogP contribution in [-0.2, 0) is 11.3 Å². The fourth-order valence-corrected chi connectivity index (χ4v) is 3.99. The summed E-state index contributed by atoms with van der Waals surface area (Å²) in [6.07, 6.45) is 2.30. The largest absolute Gasteiger partial charge is 0.376 e. The van der Waals surface area contributed by atoms with Crippen molar-refractivity contribution in [1.82, 2.24) is 15.1 Å². The van der Waals surface area contributed by atoms with Crippen LogP contribution in [0.4, 0.5) is 0 Å². The predicted octanol–water partition coefficient (Wildman–Crippen LogP) is 3.61. The highest BCUT2D eigenvalue weighted by Crippen LogP contribution is 2.17. The van der Waals surface area contributed by atoms with Crippen molar-refractivity contribution in [2.75, 3.05) is 39.8 Å². The monoisotopic (exact) mass is 388 g/mol. The first kappa shape index (κ1) is 22.7. The van der Waals surface area contributed by atoms with Gasteiger partial charge in [0.25, 0.3) is 0 Å². The number of guanidine groups is 1. The van der Waals surface area contributed by atoms with E-state index >= 15 is 0 Å². The lowest BCUT2D eigenvalue weighted by Crippen LogP contribution is -2.42. The zero-order valence-electron chi connectivity index (χ0n) is 18.5. The molecule has 1 atom stereocenters. The Morgan fingerprint density at radius 3 is 2.57 bits per heavy atom.